The summed E-state index contributed by atoms with van der Waals surface area (Å²) in [5, 5.41) is 0.550. The van der Waals surface area contributed by atoms with Crippen LogP contribution in [-0.4, -0.2) is 14.4 Å². The summed E-state index contributed by atoms with van der Waals surface area (Å²) in [6.45, 7) is 11.6. The van der Waals surface area contributed by atoms with Crippen LogP contribution in [0.4, 0.5) is 26.3 Å². The van der Waals surface area contributed by atoms with Gasteiger partial charge in [-0.15, -0.1) is 0 Å². The maximum absolute atomic E-state index is 13.6. The second-order valence-corrected chi connectivity index (χ2v) is 10.3. The van der Waals surface area contributed by atoms with Crippen LogP contribution in [0.25, 0.3) is 27.6 Å². The fraction of sp³-hybridized carbons (Fsp3) is 0.417. The quantitative estimate of drug-likeness (QED) is 0.249. The molecule has 1 aromatic carbocycles. The molecule has 3 aromatic heterocycles. The summed E-state index contributed by atoms with van der Waals surface area (Å²) in [5.41, 5.74) is -2.20. The average Bonchev–Trinajstić information content (AvgIpc) is 3.01. The number of rotatable bonds is 0. The molecule has 4 aromatic rings. The molecule has 0 atom stereocenters. The molecule has 0 radical (unpaired) electrons. The van der Waals surface area contributed by atoms with Crippen molar-refractivity contribution in [2.45, 2.75) is 64.7 Å². The Labute approximate surface area is 186 Å². The Bertz CT molecular complexity index is 1400. The van der Waals surface area contributed by atoms with Crippen molar-refractivity contribution in [3.05, 3.63) is 52.8 Å². The van der Waals surface area contributed by atoms with Gasteiger partial charge in [-0.25, -0.2) is 4.98 Å². The van der Waals surface area contributed by atoms with Crippen LogP contribution in [0.15, 0.2) is 30.3 Å². The van der Waals surface area contributed by atoms with E-state index in [0.717, 1.165) is 5.69 Å². The van der Waals surface area contributed by atoms with E-state index in [-0.39, 0.29) is 22.1 Å². The third-order valence-electron chi connectivity index (χ3n) is 5.62. The first kappa shape index (κ1) is 23.3. The van der Waals surface area contributed by atoms with Crippen molar-refractivity contribution in [1.82, 2.24) is 14.4 Å². The van der Waals surface area contributed by atoms with Gasteiger partial charge in [0.1, 0.15) is 5.65 Å². The topological polar surface area (TPSA) is 30.2 Å². The van der Waals surface area contributed by atoms with Crippen LogP contribution in [0.2, 0.25) is 0 Å². The highest BCUT2D eigenvalue weighted by atomic mass is 19.4. The highest BCUT2D eigenvalue weighted by Crippen LogP contribution is 2.43. The third kappa shape index (κ3) is 3.91. The maximum atomic E-state index is 13.6. The average molecular weight is 467 g/mol. The molecule has 0 spiro atoms. The smallest absolute Gasteiger partial charge is 0.295 e. The Morgan fingerprint density at radius 3 is 1.76 bits per heavy atom. The minimum atomic E-state index is -5.18. The van der Waals surface area contributed by atoms with Crippen LogP contribution in [0.3, 0.4) is 0 Å². The predicted molar refractivity (Wildman–Crippen MR) is 115 cm³/mol. The molecule has 0 aliphatic carbocycles. The summed E-state index contributed by atoms with van der Waals surface area (Å²) in [6.07, 6.45) is -10.3. The van der Waals surface area contributed by atoms with Gasteiger partial charge in [-0.3, -0.25) is 9.38 Å². The molecule has 0 N–H and O–H groups in total. The van der Waals surface area contributed by atoms with Gasteiger partial charge in [0.15, 0.2) is 0 Å². The molecule has 0 amide bonds. The molecular formula is C24H23F6N3. The Morgan fingerprint density at radius 1 is 0.667 bits per heavy atom. The van der Waals surface area contributed by atoms with Crippen LogP contribution < -0.4 is 0 Å². The van der Waals surface area contributed by atoms with E-state index in [1.54, 1.807) is 18.2 Å². The summed E-state index contributed by atoms with van der Waals surface area (Å²) in [4.78, 5) is 9.10. The summed E-state index contributed by atoms with van der Waals surface area (Å²) in [6, 6.07) is 6.40. The number of fused-ring (bicyclic) bond motifs is 5. The molecule has 176 valence electrons. The Balaban J connectivity index is 2.22. The number of hydrogen-bond donors (Lipinski definition) is 0. The lowest BCUT2D eigenvalue weighted by molar-refractivity contribution is -0.161. The van der Waals surface area contributed by atoms with Crippen LogP contribution in [0.5, 0.6) is 0 Å². The first-order valence-corrected chi connectivity index (χ1v) is 10.3. The van der Waals surface area contributed by atoms with Gasteiger partial charge in [0.2, 0.25) is 0 Å². The van der Waals surface area contributed by atoms with Crippen LogP contribution in [-0.2, 0) is 23.2 Å². The highest BCUT2D eigenvalue weighted by molar-refractivity contribution is 5.97. The third-order valence-corrected chi connectivity index (χ3v) is 5.62. The molecule has 0 fully saturated rings. The van der Waals surface area contributed by atoms with Gasteiger partial charge in [0, 0.05) is 27.6 Å². The van der Waals surface area contributed by atoms with E-state index in [4.69, 9.17) is 4.98 Å². The van der Waals surface area contributed by atoms with Gasteiger partial charge >= 0.3 is 12.4 Å². The van der Waals surface area contributed by atoms with E-state index in [1.807, 2.05) is 41.5 Å². The zero-order chi connectivity index (χ0) is 24.7. The number of hydrogen-bond acceptors (Lipinski definition) is 2. The van der Waals surface area contributed by atoms with Gasteiger partial charge in [-0.05, 0) is 30.3 Å². The molecule has 4 rings (SSSR count). The molecule has 3 nitrogen and oxygen atoms in total. The highest BCUT2D eigenvalue weighted by Gasteiger charge is 2.44. The summed E-state index contributed by atoms with van der Waals surface area (Å²) < 4.78 is 82.9. The minimum Gasteiger partial charge on any atom is -0.295 e. The van der Waals surface area contributed by atoms with E-state index in [1.165, 1.54) is 4.40 Å². The predicted octanol–water partition coefficient (Wildman–Crippen LogP) is 7.67. The first-order valence-electron chi connectivity index (χ1n) is 10.3. The fourth-order valence-corrected chi connectivity index (χ4v) is 3.95. The minimum absolute atomic E-state index is 0.0305. The number of nitrogens with zero attached hydrogens (tertiary/aromatic N) is 3. The molecule has 0 saturated carbocycles. The molecule has 0 bridgehead atoms. The van der Waals surface area contributed by atoms with Crippen LogP contribution >= 0.6 is 0 Å². The standard InChI is InChI=1S/C24H23F6N3/c1-21(2,3)18-8-7-12-15(31-18)11-19(22(4,5)6)33-17-10-14(24(28,29)30)13(23(25,26)27)9-16(17)32-20(12)33/h7-11H,1-6H3. The van der Waals surface area contributed by atoms with Crippen molar-refractivity contribution in [3.63, 3.8) is 0 Å². The van der Waals surface area contributed by atoms with Crippen molar-refractivity contribution >= 4 is 27.6 Å². The van der Waals surface area contributed by atoms with E-state index in [2.05, 4.69) is 4.98 Å². The SMILES string of the molecule is CC(C)(C)c1ccc2c(cc(C(C)(C)C)n3c4cc(C(F)(F)F)c(C(F)(F)F)cc4nc23)n1. The molecule has 0 unspecified atom stereocenters. The molecule has 0 aliphatic heterocycles. The lowest BCUT2D eigenvalue weighted by atomic mass is 9.89. The van der Waals surface area contributed by atoms with Crippen LogP contribution in [0, 0.1) is 0 Å². The fourth-order valence-electron chi connectivity index (χ4n) is 3.95. The molecule has 0 aliphatic rings. The maximum Gasteiger partial charge on any atom is 0.417 e. The second-order valence-electron chi connectivity index (χ2n) is 10.3. The van der Waals surface area contributed by atoms with Gasteiger partial charge in [0.25, 0.3) is 0 Å². The Kier molecular flexibility index (Phi) is 4.83. The summed E-state index contributed by atoms with van der Waals surface area (Å²) >= 11 is 0. The number of imidazole rings is 1. The van der Waals surface area contributed by atoms with Crippen molar-refractivity contribution in [2.75, 3.05) is 0 Å². The molecule has 0 saturated heterocycles. The molecule has 33 heavy (non-hydrogen) atoms. The van der Waals surface area contributed by atoms with Crippen molar-refractivity contribution < 1.29 is 26.3 Å². The summed E-state index contributed by atoms with van der Waals surface area (Å²) in [5.74, 6) is 0. The molecule has 3 heterocycles. The van der Waals surface area contributed by atoms with Gasteiger partial charge < -0.3 is 0 Å². The van der Waals surface area contributed by atoms with Crippen molar-refractivity contribution in [3.8, 4) is 0 Å². The van der Waals surface area contributed by atoms with E-state index in [0.29, 0.717) is 28.7 Å². The van der Waals surface area contributed by atoms with E-state index in [9.17, 15) is 26.3 Å². The van der Waals surface area contributed by atoms with E-state index < -0.39 is 28.9 Å². The Morgan fingerprint density at radius 2 is 1.24 bits per heavy atom. The number of pyridine rings is 2. The van der Waals surface area contributed by atoms with Crippen LogP contribution in [0.1, 0.15) is 64.1 Å². The van der Waals surface area contributed by atoms with Gasteiger partial charge in [-0.1, -0.05) is 41.5 Å². The lowest BCUT2D eigenvalue weighted by Crippen LogP contribution is -2.18. The zero-order valence-corrected chi connectivity index (χ0v) is 19.0. The van der Waals surface area contributed by atoms with E-state index >= 15 is 0 Å². The van der Waals surface area contributed by atoms with Gasteiger partial charge in [0.05, 0.1) is 27.7 Å². The van der Waals surface area contributed by atoms with Crippen molar-refractivity contribution in [2.24, 2.45) is 0 Å². The summed E-state index contributed by atoms with van der Waals surface area (Å²) in [7, 11) is 0. The number of halogens is 6. The zero-order valence-electron chi connectivity index (χ0n) is 19.0. The number of benzene rings is 1. The molecular weight excluding hydrogens is 444 g/mol. The number of aromatic nitrogens is 3. The largest absolute Gasteiger partial charge is 0.417 e. The number of alkyl halides is 6. The Hall–Kier alpha value is -2.84. The van der Waals surface area contributed by atoms with Crippen molar-refractivity contribution in [1.29, 1.82) is 0 Å². The van der Waals surface area contributed by atoms with Gasteiger partial charge in [-0.2, -0.15) is 26.3 Å². The monoisotopic (exact) mass is 467 g/mol. The first-order chi connectivity index (χ1) is 14.9. The normalized spacial score (nSPS) is 14.1. The second kappa shape index (κ2) is 6.84. The molecule has 9 heteroatoms. The lowest BCUT2D eigenvalue weighted by Gasteiger charge is -2.23.